The number of carbonyl (C=O) groups is 4. The zero-order valence-corrected chi connectivity index (χ0v) is 25.0. The van der Waals surface area contributed by atoms with Gasteiger partial charge in [-0.3, -0.25) is 19.2 Å². The Balaban J connectivity index is 1.09. The van der Waals surface area contributed by atoms with Gasteiger partial charge < -0.3 is 19.5 Å². The number of benzene rings is 2. The molecule has 232 valence electrons. The maximum Gasteiger partial charge on any atom is 0.291 e. The van der Waals surface area contributed by atoms with Crippen molar-refractivity contribution in [1.82, 2.24) is 10.9 Å². The molecule has 0 aliphatic rings. The Labute approximate surface area is 260 Å². The van der Waals surface area contributed by atoms with Crippen LogP contribution >= 0.6 is 0 Å². The van der Waals surface area contributed by atoms with Crippen molar-refractivity contribution in [2.24, 2.45) is 10.2 Å². The Kier molecular flexibility index (Phi) is 11.6. The van der Waals surface area contributed by atoms with E-state index in [1.165, 1.54) is 12.5 Å². The van der Waals surface area contributed by atoms with Crippen LogP contribution in [0.4, 0.5) is 11.4 Å². The highest BCUT2D eigenvalue weighted by Crippen LogP contribution is 2.14. The molecule has 0 atom stereocenters. The molecule has 4 rings (SSSR count). The van der Waals surface area contributed by atoms with Gasteiger partial charge in [0.05, 0.1) is 23.9 Å². The summed E-state index contributed by atoms with van der Waals surface area (Å²) in [5, 5.41) is 13.8. The summed E-state index contributed by atoms with van der Waals surface area (Å²) >= 11 is 0. The van der Waals surface area contributed by atoms with Crippen molar-refractivity contribution in [2.75, 3.05) is 10.6 Å². The molecule has 0 unspecified atom stereocenters. The molecule has 0 aliphatic carbocycles. The van der Waals surface area contributed by atoms with Crippen molar-refractivity contribution < 1.29 is 28.0 Å². The van der Waals surface area contributed by atoms with Gasteiger partial charge >= 0.3 is 0 Å². The number of anilines is 2. The van der Waals surface area contributed by atoms with Gasteiger partial charge in [-0.15, -0.1) is 0 Å². The lowest BCUT2D eigenvalue weighted by Gasteiger charge is -2.06. The Morgan fingerprint density at radius 2 is 0.978 bits per heavy atom. The largest absolute Gasteiger partial charge is 0.459 e. The van der Waals surface area contributed by atoms with Gasteiger partial charge in [0.25, 0.3) is 11.8 Å². The molecule has 0 aliphatic heterocycles. The SMILES string of the molecule is C/C(=N\NC(=O)CCCCCC(=O)N/N=C(\C)c1ccc(NC(=O)c2ccco2)cc1)c1ccc(NC(=O)c2ccco2)cc1. The molecule has 2 aromatic carbocycles. The van der Waals surface area contributed by atoms with E-state index in [2.05, 4.69) is 31.7 Å². The van der Waals surface area contributed by atoms with Crippen molar-refractivity contribution in [2.45, 2.75) is 46.0 Å². The van der Waals surface area contributed by atoms with Gasteiger partial charge in [-0.25, -0.2) is 10.9 Å². The molecule has 2 heterocycles. The van der Waals surface area contributed by atoms with Crippen LogP contribution in [0, 0.1) is 0 Å². The molecular formula is C33H34N6O6. The van der Waals surface area contributed by atoms with Crippen molar-refractivity contribution in [3.05, 3.63) is 108 Å². The first kappa shape index (κ1) is 32.1. The number of unbranched alkanes of at least 4 members (excludes halogenated alkanes) is 2. The molecule has 0 radical (unpaired) electrons. The Morgan fingerprint density at radius 3 is 1.33 bits per heavy atom. The van der Waals surface area contributed by atoms with Crippen LogP contribution in [0.2, 0.25) is 0 Å². The molecule has 4 amide bonds. The molecule has 0 spiro atoms. The monoisotopic (exact) mass is 610 g/mol. The lowest BCUT2D eigenvalue weighted by atomic mass is 10.1. The third kappa shape index (κ3) is 10.2. The summed E-state index contributed by atoms with van der Waals surface area (Å²) in [4.78, 5) is 48.6. The number of carbonyl (C=O) groups excluding carboxylic acids is 4. The zero-order chi connectivity index (χ0) is 32.0. The zero-order valence-electron chi connectivity index (χ0n) is 25.0. The van der Waals surface area contributed by atoms with Crippen molar-refractivity contribution in [3.63, 3.8) is 0 Å². The van der Waals surface area contributed by atoms with Gasteiger partial charge in [-0.05, 0) is 86.3 Å². The summed E-state index contributed by atoms with van der Waals surface area (Å²) in [6.45, 7) is 3.55. The highest BCUT2D eigenvalue weighted by atomic mass is 16.3. The Hall–Kier alpha value is -5.78. The lowest BCUT2D eigenvalue weighted by Crippen LogP contribution is -2.19. The molecular weight excluding hydrogens is 576 g/mol. The van der Waals surface area contributed by atoms with E-state index in [9.17, 15) is 19.2 Å². The topological polar surface area (TPSA) is 167 Å². The molecule has 12 heteroatoms. The van der Waals surface area contributed by atoms with E-state index < -0.39 is 0 Å². The van der Waals surface area contributed by atoms with Crippen LogP contribution in [0.15, 0.2) is 104 Å². The first-order chi connectivity index (χ1) is 21.8. The van der Waals surface area contributed by atoms with Gasteiger partial charge in [0, 0.05) is 24.2 Å². The van der Waals surface area contributed by atoms with E-state index in [-0.39, 0.29) is 48.0 Å². The summed E-state index contributed by atoms with van der Waals surface area (Å²) < 4.78 is 10.2. The number of hydrazone groups is 2. The van der Waals surface area contributed by atoms with Gasteiger partial charge in [-0.1, -0.05) is 30.7 Å². The van der Waals surface area contributed by atoms with Crippen LogP contribution < -0.4 is 21.5 Å². The molecule has 0 saturated heterocycles. The van der Waals surface area contributed by atoms with Crippen LogP contribution in [-0.4, -0.2) is 35.1 Å². The second-order valence-electron chi connectivity index (χ2n) is 10.0. The molecule has 0 bridgehead atoms. The van der Waals surface area contributed by atoms with E-state index in [1.807, 2.05) is 0 Å². The van der Waals surface area contributed by atoms with Crippen molar-refractivity contribution >= 4 is 46.4 Å². The average molecular weight is 611 g/mol. The normalized spacial score (nSPS) is 11.5. The van der Waals surface area contributed by atoms with Gasteiger partial charge in [0.2, 0.25) is 11.8 Å². The predicted molar refractivity (Wildman–Crippen MR) is 170 cm³/mol. The van der Waals surface area contributed by atoms with E-state index in [1.54, 1.807) is 86.6 Å². The summed E-state index contributed by atoms with van der Waals surface area (Å²) in [6.07, 6.45) is 5.36. The average Bonchev–Trinajstić information content (AvgIpc) is 3.79. The number of hydrogen-bond donors (Lipinski definition) is 4. The van der Waals surface area contributed by atoms with Gasteiger partial charge in [0.1, 0.15) is 0 Å². The first-order valence-corrected chi connectivity index (χ1v) is 14.4. The van der Waals surface area contributed by atoms with Crippen LogP contribution in [-0.2, 0) is 9.59 Å². The van der Waals surface area contributed by atoms with Crippen LogP contribution in [0.3, 0.4) is 0 Å². The highest BCUT2D eigenvalue weighted by molar-refractivity contribution is 6.04. The summed E-state index contributed by atoms with van der Waals surface area (Å²) in [5.41, 5.74) is 9.15. The third-order valence-electron chi connectivity index (χ3n) is 6.62. The fourth-order valence-corrected chi connectivity index (χ4v) is 4.07. The molecule has 45 heavy (non-hydrogen) atoms. The minimum absolute atomic E-state index is 0.215. The first-order valence-electron chi connectivity index (χ1n) is 14.4. The van der Waals surface area contributed by atoms with Crippen LogP contribution in [0.5, 0.6) is 0 Å². The quantitative estimate of drug-likeness (QED) is 0.0810. The summed E-state index contributed by atoms with van der Waals surface area (Å²) in [6, 6.07) is 20.6. The predicted octanol–water partition coefficient (Wildman–Crippen LogP) is 5.71. The van der Waals surface area contributed by atoms with E-state index in [4.69, 9.17) is 8.83 Å². The minimum atomic E-state index is -0.343. The van der Waals surface area contributed by atoms with E-state index >= 15 is 0 Å². The maximum atomic E-state index is 12.2. The second-order valence-corrected chi connectivity index (χ2v) is 10.0. The maximum absolute atomic E-state index is 12.2. The number of rotatable bonds is 14. The number of nitrogens with zero attached hydrogens (tertiary/aromatic N) is 2. The summed E-state index contributed by atoms with van der Waals surface area (Å²) in [5.74, 6) is -0.675. The number of hydrogen-bond acceptors (Lipinski definition) is 8. The Morgan fingerprint density at radius 1 is 0.578 bits per heavy atom. The number of nitrogens with one attached hydrogen (secondary N) is 4. The molecule has 2 aromatic heterocycles. The second kappa shape index (κ2) is 16.2. The van der Waals surface area contributed by atoms with Crippen LogP contribution in [0.25, 0.3) is 0 Å². The van der Waals surface area contributed by atoms with Crippen molar-refractivity contribution in [1.29, 1.82) is 0 Å². The Bertz CT molecular complexity index is 1520. The molecule has 12 nitrogen and oxygen atoms in total. The number of furan rings is 2. The fourth-order valence-electron chi connectivity index (χ4n) is 4.07. The third-order valence-corrected chi connectivity index (χ3v) is 6.62. The lowest BCUT2D eigenvalue weighted by molar-refractivity contribution is -0.121. The minimum Gasteiger partial charge on any atom is -0.459 e. The molecule has 4 aromatic rings. The van der Waals surface area contributed by atoms with Gasteiger partial charge in [-0.2, -0.15) is 10.2 Å². The standard InChI is InChI=1S/C33H34N6O6/c1-22(24-12-16-26(17-13-24)34-32(42)28-8-6-20-44-28)36-38-30(40)10-4-3-5-11-31(41)39-37-23(2)25-14-18-27(19-15-25)35-33(43)29-9-7-21-45-29/h6-9,12-21H,3-5,10-11H2,1-2H3,(H,34,42)(H,35,43)(H,38,40)(H,39,41)/b36-22+,37-23+. The smallest absolute Gasteiger partial charge is 0.291 e. The highest BCUT2D eigenvalue weighted by Gasteiger charge is 2.10. The number of amides is 4. The van der Waals surface area contributed by atoms with E-state index in [0.717, 1.165) is 11.1 Å². The van der Waals surface area contributed by atoms with Gasteiger partial charge in [0.15, 0.2) is 11.5 Å². The molecule has 0 saturated carbocycles. The fraction of sp³-hybridized carbons (Fsp3) is 0.212. The van der Waals surface area contributed by atoms with Crippen molar-refractivity contribution in [3.8, 4) is 0 Å². The summed E-state index contributed by atoms with van der Waals surface area (Å²) in [7, 11) is 0. The van der Waals surface area contributed by atoms with E-state index in [0.29, 0.717) is 42.1 Å². The molecule has 0 fully saturated rings. The molecule has 4 N–H and O–H groups in total. The van der Waals surface area contributed by atoms with Crippen LogP contribution in [0.1, 0.15) is 78.2 Å².